The summed E-state index contributed by atoms with van der Waals surface area (Å²) < 4.78 is 0. The molecule has 0 atom stereocenters. The van der Waals surface area contributed by atoms with Crippen LogP contribution in [0.2, 0.25) is 0 Å². The lowest BCUT2D eigenvalue weighted by atomic mass is 10.1. The maximum Gasteiger partial charge on any atom is 0.253 e. The molecule has 5 heteroatoms. The van der Waals surface area contributed by atoms with E-state index in [1.807, 2.05) is 32.2 Å². The second-order valence-electron chi connectivity index (χ2n) is 4.34. The Bertz CT molecular complexity index is 549. The van der Waals surface area contributed by atoms with Crippen molar-refractivity contribution in [2.75, 3.05) is 18.9 Å². The van der Waals surface area contributed by atoms with Gasteiger partial charge >= 0.3 is 0 Å². The summed E-state index contributed by atoms with van der Waals surface area (Å²) in [7, 11) is 1.81. The van der Waals surface area contributed by atoms with Gasteiger partial charge in [-0.3, -0.25) is 4.79 Å². The zero-order valence-electron chi connectivity index (χ0n) is 11.2. The summed E-state index contributed by atoms with van der Waals surface area (Å²) in [5.41, 5.74) is 2.62. The normalized spacial score (nSPS) is 10.2. The Hall–Kier alpha value is -2.30. The van der Waals surface area contributed by atoms with Crippen LogP contribution >= 0.6 is 0 Å². The Morgan fingerprint density at radius 3 is 2.95 bits per heavy atom. The summed E-state index contributed by atoms with van der Waals surface area (Å²) in [5.74, 6) is 0.800. The molecular weight excluding hydrogens is 240 g/mol. The van der Waals surface area contributed by atoms with Gasteiger partial charge in [0.15, 0.2) is 0 Å². The van der Waals surface area contributed by atoms with Crippen molar-refractivity contribution in [2.24, 2.45) is 0 Å². The molecule has 5 nitrogen and oxygen atoms in total. The summed E-state index contributed by atoms with van der Waals surface area (Å²) in [6, 6.07) is 5.73. The molecular formula is C14H18N4O. The van der Waals surface area contributed by atoms with Crippen LogP contribution in [0.5, 0.6) is 0 Å². The summed E-state index contributed by atoms with van der Waals surface area (Å²) in [6.45, 7) is 2.56. The van der Waals surface area contributed by atoms with Crippen molar-refractivity contribution < 1.29 is 4.79 Å². The number of amides is 1. The molecule has 0 spiro atoms. The van der Waals surface area contributed by atoms with Crippen molar-refractivity contribution in [3.63, 3.8) is 0 Å². The van der Waals surface area contributed by atoms with E-state index in [0.29, 0.717) is 18.5 Å². The van der Waals surface area contributed by atoms with Crippen molar-refractivity contribution in [3.05, 3.63) is 47.5 Å². The first kappa shape index (κ1) is 13.1. The van der Waals surface area contributed by atoms with Gasteiger partial charge in [0.2, 0.25) is 0 Å². The van der Waals surface area contributed by atoms with Crippen LogP contribution in [0, 0.1) is 6.92 Å². The second-order valence-corrected chi connectivity index (χ2v) is 4.34. The largest absolute Gasteiger partial charge is 0.387 e. The number of nitrogens with zero attached hydrogens (tertiary/aromatic N) is 1. The highest BCUT2D eigenvalue weighted by atomic mass is 16.1. The number of anilines is 1. The van der Waals surface area contributed by atoms with Crippen LogP contribution in [0.1, 0.15) is 21.7 Å². The lowest BCUT2D eigenvalue weighted by molar-refractivity contribution is 0.0955. The smallest absolute Gasteiger partial charge is 0.253 e. The van der Waals surface area contributed by atoms with Gasteiger partial charge in [-0.2, -0.15) is 0 Å². The molecule has 0 bridgehead atoms. The number of aromatic nitrogens is 2. The second kappa shape index (κ2) is 6.04. The predicted molar refractivity (Wildman–Crippen MR) is 75.4 cm³/mol. The Kier molecular flexibility index (Phi) is 4.18. The summed E-state index contributed by atoms with van der Waals surface area (Å²) in [4.78, 5) is 19.2. The van der Waals surface area contributed by atoms with Crippen molar-refractivity contribution in [2.45, 2.75) is 13.3 Å². The van der Waals surface area contributed by atoms with Gasteiger partial charge in [-0.15, -0.1) is 0 Å². The highest BCUT2D eigenvalue weighted by molar-refractivity contribution is 5.99. The molecule has 1 aromatic carbocycles. The Morgan fingerprint density at radius 1 is 1.42 bits per heavy atom. The van der Waals surface area contributed by atoms with Gasteiger partial charge < -0.3 is 15.6 Å². The fraction of sp³-hybridized carbons (Fsp3) is 0.286. The van der Waals surface area contributed by atoms with Crippen LogP contribution in [0.15, 0.2) is 30.6 Å². The molecule has 0 saturated heterocycles. The number of H-pyrrole nitrogens is 1. The van der Waals surface area contributed by atoms with Crippen LogP contribution < -0.4 is 10.6 Å². The van der Waals surface area contributed by atoms with Crippen LogP contribution in [-0.2, 0) is 6.42 Å². The molecule has 0 aliphatic carbocycles. The van der Waals surface area contributed by atoms with Crippen LogP contribution in [-0.4, -0.2) is 29.5 Å². The van der Waals surface area contributed by atoms with Crippen molar-refractivity contribution in [1.29, 1.82) is 0 Å². The maximum atomic E-state index is 12.1. The number of rotatable bonds is 5. The lowest BCUT2D eigenvalue weighted by Gasteiger charge is -2.10. The highest BCUT2D eigenvalue weighted by Gasteiger charge is 2.10. The maximum absolute atomic E-state index is 12.1. The summed E-state index contributed by atoms with van der Waals surface area (Å²) >= 11 is 0. The predicted octanol–water partition coefficient (Wildman–Crippen LogP) is 1.73. The minimum Gasteiger partial charge on any atom is -0.387 e. The van der Waals surface area contributed by atoms with E-state index < -0.39 is 0 Å². The number of nitrogens with one attached hydrogen (secondary N) is 3. The van der Waals surface area contributed by atoms with Gasteiger partial charge in [-0.1, -0.05) is 6.07 Å². The number of imidazole rings is 1. The van der Waals surface area contributed by atoms with Crippen molar-refractivity contribution in [1.82, 2.24) is 15.3 Å². The average Bonchev–Trinajstić information content (AvgIpc) is 2.91. The van der Waals surface area contributed by atoms with Gasteiger partial charge in [-0.05, 0) is 24.6 Å². The standard InChI is InChI=1S/C14H18N4O/c1-10-3-4-11(12(9-10)15-2)14(19)18-6-5-13-16-7-8-17-13/h3-4,7-9,15H,5-6H2,1-2H3,(H,16,17)(H,18,19). The summed E-state index contributed by atoms with van der Waals surface area (Å²) in [5, 5.41) is 5.93. The van der Waals surface area contributed by atoms with Gasteiger partial charge in [0.05, 0.1) is 5.56 Å². The third-order valence-corrected chi connectivity index (χ3v) is 2.89. The van der Waals surface area contributed by atoms with E-state index in [9.17, 15) is 4.79 Å². The number of benzene rings is 1. The molecule has 1 amide bonds. The van der Waals surface area contributed by atoms with Gasteiger partial charge in [0.25, 0.3) is 5.91 Å². The minimum atomic E-state index is -0.0732. The first-order valence-electron chi connectivity index (χ1n) is 6.25. The van der Waals surface area contributed by atoms with Crippen LogP contribution in [0.4, 0.5) is 5.69 Å². The molecule has 100 valence electrons. The monoisotopic (exact) mass is 258 g/mol. The number of hydrogen-bond donors (Lipinski definition) is 3. The van der Waals surface area contributed by atoms with Crippen LogP contribution in [0.3, 0.4) is 0 Å². The Labute approximate surface area is 112 Å². The van der Waals surface area contributed by atoms with E-state index in [2.05, 4.69) is 20.6 Å². The molecule has 3 N–H and O–H groups in total. The molecule has 2 aromatic rings. The third kappa shape index (κ3) is 3.34. The SMILES string of the molecule is CNc1cc(C)ccc1C(=O)NCCc1ncc[nH]1. The molecule has 0 fully saturated rings. The van der Waals surface area contributed by atoms with E-state index in [1.54, 1.807) is 12.4 Å². The first-order valence-corrected chi connectivity index (χ1v) is 6.25. The first-order chi connectivity index (χ1) is 9.20. The number of carbonyl (C=O) groups excluding carboxylic acids is 1. The van der Waals surface area contributed by atoms with Gasteiger partial charge in [-0.25, -0.2) is 4.98 Å². The summed E-state index contributed by atoms with van der Waals surface area (Å²) in [6.07, 6.45) is 4.17. The highest BCUT2D eigenvalue weighted by Crippen LogP contribution is 2.16. The molecule has 0 aliphatic rings. The Morgan fingerprint density at radius 2 is 2.26 bits per heavy atom. The van der Waals surface area contributed by atoms with Crippen LogP contribution in [0.25, 0.3) is 0 Å². The van der Waals surface area contributed by atoms with Crippen molar-refractivity contribution in [3.8, 4) is 0 Å². The molecule has 0 aliphatic heterocycles. The number of aromatic amines is 1. The lowest BCUT2D eigenvalue weighted by Crippen LogP contribution is -2.26. The van der Waals surface area contributed by atoms with E-state index in [0.717, 1.165) is 17.1 Å². The van der Waals surface area contributed by atoms with E-state index in [4.69, 9.17) is 0 Å². The number of hydrogen-bond acceptors (Lipinski definition) is 3. The van der Waals surface area contributed by atoms with Crippen molar-refractivity contribution >= 4 is 11.6 Å². The fourth-order valence-corrected chi connectivity index (χ4v) is 1.89. The Balaban J connectivity index is 1.96. The topological polar surface area (TPSA) is 69.8 Å². The van der Waals surface area contributed by atoms with Gasteiger partial charge in [0, 0.05) is 38.1 Å². The average molecular weight is 258 g/mol. The fourth-order valence-electron chi connectivity index (χ4n) is 1.89. The quantitative estimate of drug-likeness (QED) is 0.765. The third-order valence-electron chi connectivity index (χ3n) is 2.89. The van der Waals surface area contributed by atoms with E-state index in [-0.39, 0.29) is 5.91 Å². The molecule has 1 heterocycles. The molecule has 0 radical (unpaired) electrons. The molecule has 1 aromatic heterocycles. The molecule has 0 saturated carbocycles. The van der Waals surface area contributed by atoms with E-state index in [1.165, 1.54) is 0 Å². The zero-order chi connectivity index (χ0) is 13.7. The molecule has 0 unspecified atom stereocenters. The van der Waals surface area contributed by atoms with E-state index >= 15 is 0 Å². The zero-order valence-corrected chi connectivity index (χ0v) is 11.2. The molecule has 2 rings (SSSR count). The van der Waals surface area contributed by atoms with Gasteiger partial charge in [0.1, 0.15) is 5.82 Å². The number of carbonyl (C=O) groups is 1. The number of aryl methyl sites for hydroxylation is 1. The minimum absolute atomic E-state index is 0.0732. The molecule has 19 heavy (non-hydrogen) atoms.